The van der Waals surface area contributed by atoms with Crippen LogP contribution in [0.5, 0.6) is 0 Å². The molecular formula is C10H13ClN4O4. The van der Waals surface area contributed by atoms with E-state index >= 15 is 0 Å². The predicted molar refractivity (Wildman–Crippen MR) is 58.5 cm³/mol. The van der Waals surface area contributed by atoms with Gasteiger partial charge in [-0.15, -0.1) is 0 Å². The van der Waals surface area contributed by atoms with Gasteiger partial charge in [-0.25, -0.2) is 0 Å². The van der Waals surface area contributed by atoms with E-state index in [1.165, 1.54) is 10.8 Å². The summed E-state index contributed by atoms with van der Waals surface area (Å²) in [6.45, 7) is -0.384. The van der Waals surface area contributed by atoms with Crippen molar-refractivity contribution in [3.05, 3.63) is 35.0 Å². The number of hydrogen-bond donors (Lipinski definition) is 3. The minimum atomic E-state index is -1.16. The van der Waals surface area contributed by atoms with Crippen LogP contribution in [0.15, 0.2) is 29.6 Å². The lowest BCUT2D eigenvalue weighted by Crippen LogP contribution is -3.00. The van der Waals surface area contributed by atoms with Gasteiger partial charge in [-0.2, -0.15) is 4.57 Å². The highest BCUT2D eigenvalue weighted by atomic mass is 35.5. The predicted octanol–water partition coefficient (Wildman–Crippen LogP) is -3.47. The second-order valence-corrected chi connectivity index (χ2v) is 3.93. The fraction of sp³-hybridized carbons (Fsp3) is 0.500. The fourth-order valence-electron chi connectivity index (χ4n) is 1.88. The molecule has 1 aromatic heterocycles. The van der Waals surface area contributed by atoms with Crippen molar-refractivity contribution < 1.29 is 37.0 Å². The van der Waals surface area contributed by atoms with Crippen LogP contribution in [0.2, 0.25) is 0 Å². The van der Waals surface area contributed by atoms with Crippen LogP contribution in [-0.4, -0.2) is 40.2 Å². The molecular weight excluding hydrogens is 276 g/mol. The number of rotatable bonds is 3. The second kappa shape index (κ2) is 6.67. The Balaban J connectivity index is 0.00000180. The average Bonchev–Trinajstić information content (AvgIpc) is 2.67. The smallest absolute Gasteiger partial charge is 0.292 e. The van der Waals surface area contributed by atoms with E-state index in [9.17, 15) is 10.2 Å². The van der Waals surface area contributed by atoms with Gasteiger partial charge in [-0.05, 0) is 11.6 Å². The van der Waals surface area contributed by atoms with Crippen molar-refractivity contribution in [3.8, 4) is 0 Å². The van der Waals surface area contributed by atoms with Gasteiger partial charge in [0.15, 0.2) is 18.5 Å². The molecule has 0 spiro atoms. The highest BCUT2D eigenvalue weighted by Gasteiger charge is 2.47. The zero-order chi connectivity index (χ0) is 13.1. The Morgan fingerprint density at radius 3 is 2.74 bits per heavy atom. The summed E-state index contributed by atoms with van der Waals surface area (Å²) in [5.74, 6) is 0. The van der Waals surface area contributed by atoms with Gasteiger partial charge in [0.2, 0.25) is 0 Å². The molecule has 1 aliphatic heterocycles. The molecule has 0 unspecified atom stereocenters. The summed E-state index contributed by atoms with van der Waals surface area (Å²) in [5, 5.41) is 31.9. The van der Waals surface area contributed by atoms with Crippen LogP contribution in [0.1, 0.15) is 6.23 Å². The molecule has 104 valence electrons. The maximum Gasteiger partial charge on any atom is 0.292 e. The van der Waals surface area contributed by atoms with Gasteiger partial charge < -0.3 is 32.5 Å². The van der Waals surface area contributed by atoms with Gasteiger partial charge in [0.25, 0.3) is 6.23 Å². The third-order valence-corrected chi connectivity index (χ3v) is 2.78. The molecule has 1 aromatic rings. The van der Waals surface area contributed by atoms with Crippen molar-refractivity contribution in [1.82, 2.24) is 0 Å². The minimum Gasteiger partial charge on any atom is -1.00 e. The number of halogens is 1. The maximum atomic E-state index is 9.82. The van der Waals surface area contributed by atoms with Crippen molar-refractivity contribution in [2.75, 3.05) is 6.61 Å². The summed E-state index contributed by atoms with van der Waals surface area (Å²) in [4.78, 5) is 2.66. The van der Waals surface area contributed by atoms with Gasteiger partial charge in [-0.3, -0.25) is 0 Å². The molecule has 1 fully saturated rings. The Morgan fingerprint density at radius 1 is 1.42 bits per heavy atom. The monoisotopic (exact) mass is 288 g/mol. The van der Waals surface area contributed by atoms with Gasteiger partial charge >= 0.3 is 0 Å². The summed E-state index contributed by atoms with van der Waals surface area (Å²) in [6.07, 6.45) is -0.882. The van der Waals surface area contributed by atoms with Crippen molar-refractivity contribution in [3.63, 3.8) is 0 Å². The first-order valence-corrected chi connectivity index (χ1v) is 5.35. The minimum absolute atomic E-state index is 0. The highest BCUT2D eigenvalue weighted by molar-refractivity contribution is 5.29. The lowest BCUT2D eigenvalue weighted by molar-refractivity contribution is -0.765. The second-order valence-electron chi connectivity index (χ2n) is 3.93. The van der Waals surface area contributed by atoms with Crippen LogP contribution >= 0.6 is 0 Å². The van der Waals surface area contributed by atoms with Crippen LogP contribution in [-0.2, 0) is 4.74 Å². The maximum absolute atomic E-state index is 9.82. The molecule has 0 amide bonds. The van der Waals surface area contributed by atoms with E-state index in [0.717, 1.165) is 0 Å². The van der Waals surface area contributed by atoms with Crippen LogP contribution in [0.4, 0.5) is 5.69 Å². The van der Waals surface area contributed by atoms with E-state index in [1.807, 2.05) is 0 Å². The lowest BCUT2D eigenvalue weighted by atomic mass is 10.1. The van der Waals surface area contributed by atoms with Crippen molar-refractivity contribution in [1.29, 1.82) is 0 Å². The number of ether oxygens (including phenoxy) is 1. The standard InChI is InChI=1S/C10H13N4O4.ClH/c11-13-12-6-2-1-3-14(4-6)10-9(17)8(16)7(5-15)18-10;/h1-4,7-10,15-17H,5H2;1H/q+1;/p-1/t7-,8-,9-,10-;/m1./s1. The molecule has 2 rings (SSSR count). The zero-order valence-corrected chi connectivity index (χ0v) is 10.5. The summed E-state index contributed by atoms with van der Waals surface area (Å²) >= 11 is 0. The molecule has 1 saturated heterocycles. The lowest BCUT2D eigenvalue weighted by Gasteiger charge is -2.09. The Morgan fingerprint density at radius 2 is 2.16 bits per heavy atom. The van der Waals surface area contributed by atoms with Crippen LogP contribution in [0, 0.1) is 0 Å². The van der Waals surface area contributed by atoms with E-state index in [0.29, 0.717) is 5.69 Å². The summed E-state index contributed by atoms with van der Waals surface area (Å²) in [5.41, 5.74) is 8.70. The Kier molecular flexibility index (Phi) is 5.49. The van der Waals surface area contributed by atoms with E-state index in [2.05, 4.69) is 10.0 Å². The molecule has 2 heterocycles. The van der Waals surface area contributed by atoms with Gasteiger partial charge in [-0.1, -0.05) is 5.11 Å². The number of azide groups is 1. The first kappa shape index (κ1) is 15.6. The molecule has 0 aromatic carbocycles. The first-order chi connectivity index (χ1) is 8.67. The SMILES string of the molecule is [Cl-].[N-]=[N+]=Nc1ccc[n+]([C@@H]2O[C@H](CO)[C@@H](O)[C@H]2O)c1. The quantitative estimate of drug-likeness (QED) is 0.231. The molecule has 3 N–H and O–H groups in total. The largest absolute Gasteiger partial charge is 1.00 e. The number of nitrogens with zero attached hydrogens (tertiary/aromatic N) is 4. The van der Waals surface area contributed by atoms with Gasteiger partial charge in [0, 0.05) is 11.0 Å². The third kappa shape index (κ3) is 3.13. The summed E-state index contributed by atoms with van der Waals surface area (Å²) in [6, 6.07) is 3.22. The Hall–Kier alpha value is -1.41. The number of aliphatic hydroxyl groups is 3. The van der Waals surface area contributed by atoms with E-state index in [-0.39, 0.29) is 19.0 Å². The van der Waals surface area contributed by atoms with Crippen LogP contribution < -0.4 is 17.0 Å². The first-order valence-electron chi connectivity index (χ1n) is 5.35. The molecule has 0 bridgehead atoms. The Labute approximate surface area is 114 Å². The molecule has 1 aliphatic rings. The van der Waals surface area contributed by atoms with Gasteiger partial charge in [0.1, 0.15) is 17.9 Å². The average molecular weight is 289 g/mol. The van der Waals surface area contributed by atoms with Crippen molar-refractivity contribution in [2.45, 2.75) is 24.5 Å². The molecule has 8 nitrogen and oxygen atoms in total. The number of aliphatic hydroxyl groups excluding tert-OH is 3. The molecule has 0 aliphatic carbocycles. The van der Waals surface area contributed by atoms with Crippen LogP contribution in [0.25, 0.3) is 10.4 Å². The van der Waals surface area contributed by atoms with Crippen molar-refractivity contribution in [2.24, 2.45) is 5.11 Å². The molecule has 0 radical (unpaired) electrons. The summed E-state index contributed by atoms with van der Waals surface area (Å²) < 4.78 is 6.81. The number of pyridine rings is 1. The molecule has 9 heteroatoms. The fourth-order valence-corrected chi connectivity index (χ4v) is 1.88. The van der Waals surface area contributed by atoms with Crippen molar-refractivity contribution >= 4 is 5.69 Å². The van der Waals surface area contributed by atoms with Gasteiger partial charge in [0.05, 0.1) is 6.61 Å². The van der Waals surface area contributed by atoms with E-state index in [1.54, 1.807) is 18.3 Å². The molecule has 0 saturated carbocycles. The molecule has 4 atom stereocenters. The number of aromatic nitrogens is 1. The third-order valence-electron chi connectivity index (χ3n) is 2.78. The van der Waals surface area contributed by atoms with Crippen LogP contribution in [0.3, 0.4) is 0 Å². The molecule has 19 heavy (non-hydrogen) atoms. The normalized spacial score (nSPS) is 29.4. The Bertz CT molecular complexity index is 482. The van der Waals surface area contributed by atoms with E-state index < -0.39 is 24.5 Å². The zero-order valence-electron chi connectivity index (χ0n) is 9.74. The topological polar surface area (TPSA) is 123 Å². The highest BCUT2D eigenvalue weighted by Crippen LogP contribution is 2.25. The van der Waals surface area contributed by atoms with E-state index in [4.69, 9.17) is 15.4 Å². The summed E-state index contributed by atoms with van der Waals surface area (Å²) in [7, 11) is 0. The number of hydrogen-bond acceptors (Lipinski definition) is 5.